The van der Waals surface area contributed by atoms with Gasteiger partial charge < -0.3 is 15.4 Å². The summed E-state index contributed by atoms with van der Waals surface area (Å²) in [6.07, 6.45) is 5.88. The van der Waals surface area contributed by atoms with Crippen molar-refractivity contribution in [3.05, 3.63) is 23.2 Å². The number of ether oxygens (including phenoxy) is 1. The van der Waals surface area contributed by atoms with Gasteiger partial charge in [-0.1, -0.05) is 30.9 Å². The van der Waals surface area contributed by atoms with E-state index >= 15 is 0 Å². The molecule has 0 spiro atoms. The highest BCUT2D eigenvalue weighted by Gasteiger charge is 2.19. The van der Waals surface area contributed by atoms with E-state index in [9.17, 15) is 4.79 Å². The molecular weight excluding hydrogens is 288 g/mol. The molecule has 1 amide bonds. The van der Waals surface area contributed by atoms with Crippen LogP contribution in [-0.2, 0) is 4.79 Å². The molecule has 0 aromatic heterocycles. The minimum Gasteiger partial charge on any atom is -0.495 e. The van der Waals surface area contributed by atoms with E-state index in [1.54, 1.807) is 19.2 Å². The molecule has 2 rings (SSSR count). The summed E-state index contributed by atoms with van der Waals surface area (Å²) in [7, 11) is 1.58. The molecule has 1 aliphatic rings. The highest BCUT2D eigenvalue weighted by atomic mass is 35.5. The summed E-state index contributed by atoms with van der Waals surface area (Å²) in [5, 5.41) is 6.82. The van der Waals surface area contributed by atoms with Crippen LogP contribution in [0.1, 0.15) is 39.0 Å². The van der Waals surface area contributed by atoms with Crippen molar-refractivity contribution in [2.24, 2.45) is 0 Å². The summed E-state index contributed by atoms with van der Waals surface area (Å²) in [5.41, 5.74) is 0.812. The average molecular weight is 311 g/mol. The Morgan fingerprint density at radius 3 is 2.67 bits per heavy atom. The highest BCUT2D eigenvalue weighted by molar-refractivity contribution is 6.32. The van der Waals surface area contributed by atoms with Crippen LogP contribution in [0.2, 0.25) is 5.02 Å². The van der Waals surface area contributed by atoms with Crippen molar-refractivity contribution < 1.29 is 9.53 Å². The Labute approximate surface area is 131 Å². The lowest BCUT2D eigenvalue weighted by atomic mass is 9.95. The van der Waals surface area contributed by atoms with Gasteiger partial charge in [0, 0.05) is 11.7 Å². The summed E-state index contributed by atoms with van der Waals surface area (Å²) < 4.78 is 5.11. The van der Waals surface area contributed by atoms with Crippen molar-refractivity contribution in [1.82, 2.24) is 5.32 Å². The van der Waals surface area contributed by atoms with Gasteiger partial charge in [0.25, 0.3) is 0 Å². The van der Waals surface area contributed by atoms with Crippen LogP contribution in [-0.4, -0.2) is 25.1 Å². The van der Waals surface area contributed by atoms with Crippen LogP contribution in [0.3, 0.4) is 0 Å². The molecule has 0 radical (unpaired) electrons. The van der Waals surface area contributed by atoms with Crippen LogP contribution in [0.4, 0.5) is 5.69 Å². The average Bonchev–Trinajstić information content (AvgIpc) is 2.48. The molecule has 0 saturated heterocycles. The lowest BCUT2D eigenvalue weighted by molar-refractivity contribution is -0.122. The van der Waals surface area contributed by atoms with E-state index in [-0.39, 0.29) is 11.9 Å². The Morgan fingerprint density at radius 1 is 1.33 bits per heavy atom. The van der Waals surface area contributed by atoms with E-state index in [1.165, 1.54) is 19.3 Å². The Morgan fingerprint density at radius 2 is 2.05 bits per heavy atom. The number of carbonyl (C=O) groups is 1. The number of benzene rings is 1. The summed E-state index contributed by atoms with van der Waals surface area (Å²) >= 11 is 6.08. The molecule has 5 heteroatoms. The number of halogens is 1. The number of hydrogen-bond acceptors (Lipinski definition) is 3. The normalized spacial score (nSPS) is 17.1. The van der Waals surface area contributed by atoms with Crippen molar-refractivity contribution in [2.45, 2.75) is 51.1 Å². The maximum atomic E-state index is 12.2. The van der Waals surface area contributed by atoms with Gasteiger partial charge in [0.15, 0.2) is 0 Å². The van der Waals surface area contributed by atoms with Crippen molar-refractivity contribution in [3.63, 3.8) is 0 Å². The number of methoxy groups -OCH3 is 1. The number of nitrogens with one attached hydrogen (secondary N) is 2. The fourth-order valence-electron chi connectivity index (χ4n) is 2.64. The summed E-state index contributed by atoms with van der Waals surface area (Å²) in [6.45, 7) is 1.86. The van der Waals surface area contributed by atoms with E-state index in [0.717, 1.165) is 18.5 Å². The van der Waals surface area contributed by atoms with Crippen LogP contribution in [0.5, 0.6) is 5.75 Å². The molecule has 116 valence electrons. The summed E-state index contributed by atoms with van der Waals surface area (Å²) in [6, 6.07) is 5.45. The van der Waals surface area contributed by atoms with Gasteiger partial charge in [-0.05, 0) is 38.0 Å². The van der Waals surface area contributed by atoms with Crippen LogP contribution < -0.4 is 15.4 Å². The van der Waals surface area contributed by atoms with Crippen molar-refractivity contribution in [2.75, 3.05) is 12.4 Å². The minimum atomic E-state index is -0.295. The monoisotopic (exact) mass is 310 g/mol. The number of anilines is 1. The predicted molar refractivity (Wildman–Crippen MR) is 86.1 cm³/mol. The molecule has 0 unspecified atom stereocenters. The maximum absolute atomic E-state index is 12.2. The lowest BCUT2D eigenvalue weighted by Crippen LogP contribution is -2.43. The third kappa shape index (κ3) is 4.53. The zero-order valence-corrected chi connectivity index (χ0v) is 13.4. The zero-order valence-electron chi connectivity index (χ0n) is 12.6. The van der Waals surface area contributed by atoms with E-state index in [1.807, 2.05) is 13.0 Å². The fourth-order valence-corrected chi connectivity index (χ4v) is 2.90. The maximum Gasteiger partial charge on any atom is 0.242 e. The third-order valence-electron chi connectivity index (χ3n) is 3.88. The molecule has 0 bridgehead atoms. The molecule has 1 aliphatic carbocycles. The molecule has 1 fully saturated rings. The number of rotatable bonds is 5. The van der Waals surface area contributed by atoms with Gasteiger partial charge in [0.05, 0.1) is 12.1 Å². The third-order valence-corrected chi connectivity index (χ3v) is 4.18. The first kappa shape index (κ1) is 16.0. The zero-order chi connectivity index (χ0) is 15.2. The summed E-state index contributed by atoms with van der Waals surface area (Å²) in [5.74, 6) is 0.662. The van der Waals surface area contributed by atoms with Crippen LogP contribution in [0.25, 0.3) is 0 Å². The first-order valence-electron chi connectivity index (χ1n) is 7.50. The van der Waals surface area contributed by atoms with Gasteiger partial charge in [-0.2, -0.15) is 0 Å². The van der Waals surface area contributed by atoms with Crippen molar-refractivity contribution in [1.29, 1.82) is 0 Å². The Bertz CT molecular complexity index is 487. The number of carbonyl (C=O) groups excluding carboxylic acids is 1. The van der Waals surface area contributed by atoms with E-state index in [2.05, 4.69) is 10.6 Å². The molecule has 0 aliphatic heterocycles. The highest BCUT2D eigenvalue weighted by Crippen LogP contribution is 2.27. The van der Waals surface area contributed by atoms with Gasteiger partial charge in [0.1, 0.15) is 11.8 Å². The molecule has 2 N–H and O–H groups in total. The number of hydrogen-bond donors (Lipinski definition) is 2. The second-order valence-corrected chi connectivity index (χ2v) is 5.97. The smallest absolute Gasteiger partial charge is 0.242 e. The fraction of sp³-hybridized carbons (Fsp3) is 0.562. The molecule has 21 heavy (non-hydrogen) atoms. The van der Waals surface area contributed by atoms with Gasteiger partial charge in [-0.15, -0.1) is 0 Å². The first-order chi connectivity index (χ1) is 10.1. The lowest BCUT2D eigenvalue weighted by Gasteiger charge is -2.25. The SMILES string of the molecule is COc1ccc(N[C@@H](C)C(=O)NC2CCCCC2)cc1Cl. The van der Waals surface area contributed by atoms with Crippen LogP contribution in [0, 0.1) is 0 Å². The molecular formula is C16H23ClN2O2. The molecule has 1 aromatic rings. The molecule has 1 saturated carbocycles. The van der Waals surface area contributed by atoms with Gasteiger partial charge >= 0.3 is 0 Å². The first-order valence-corrected chi connectivity index (χ1v) is 7.88. The second-order valence-electron chi connectivity index (χ2n) is 5.56. The molecule has 4 nitrogen and oxygen atoms in total. The standard InChI is InChI=1S/C16H23ClN2O2/c1-11(16(20)19-12-6-4-3-5-7-12)18-13-8-9-15(21-2)14(17)10-13/h8-12,18H,3-7H2,1-2H3,(H,19,20)/t11-/m0/s1. The van der Waals surface area contributed by atoms with Gasteiger partial charge in [0.2, 0.25) is 5.91 Å². The van der Waals surface area contributed by atoms with Crippen molar-refractivity contribution >= 4 is 23.2 Å². The summed E-state index contributed by atoms with van der Waals surface area (Å²) in [4.78, 5) is 12.2. The Kier molecular flexibility index (Phi) is 5.74. The molecule has 1 atom stereocenters. The van der Waals surface area contributed by atoms with E-state index in [4.69, 9.17) is 16.3 Å². The van der Waals surface area contributed by atoms with Crippen molar-refractivity contribution in [3.8, 4) is 5.75 Å². The predicted octanol–water partition coefficient (Wildman–Crippen LogP) is 3.60. The topological polar surface area (TPSA) is 50.4 Å². The molecule has 1 aromatic carbocycles. The van der Waals surface area contributed by atoms with Gasteiger partial charge in [-0.25, -0.2) is 0 Å². The van der Waals surface area contributed by atoms with E-state index < -0.39 is 0 Å². The molecule has 0 heterocycles. The quantitative estimate of drug-likeness (QED) is 0.873. The second kappa shape index (κ2) is 7.55. The van der Waals surface area contributed by atoms with Crippen LogP contribution in [0.15, 0.2) is 18.2 Å². The van der Waals surface area contributed by atoms with E-state index in [0.29, 0.717) is 16.8 Å². The minimum absolute atomic E-state index is 0.0360. The largest absolute Gasteiger partial charge is 0.495 e. The number of amides is 1. The van der Waals surface area contributed by atoms with Crippen LogP contribution >= 0.6 is 11.6 Å². The Balaban J connectivity index is 1.89. The van der Waals surface area contributed by atoms with Gasteiger partial charge in [-0.3, -0.25) is 4.79 Å². The Hall–Kier alpha value is -1.42.